The number of hydrogen-bond acceptors (Lipinski definition) is 2. The Morgan fingerprint density at radius 1 is 1.38 bits per heavy atom. The van der Waals surface area contributed by atoms with Crippen LogP contribution in [-0.2, 0) is 0 Å². The summed E-state index contributed by atoms with van der Waals surface area (Å²) in [6, 6.07) is 7.53. The van der Waals surface area contributed by atoms with Crippen LogP contribution in [0.25, 0.3) is 0 Å². The summed E-state index contributed by atoms with van der Waals surface area (Å²) in [6.07, 6.45) is 4.78. The Hall–Kier alpha value is -1.79. The predicted molar refractivity (Wildman–Crippen MR) is 85.9 cm³/mol. The number of carbonyl (C=O) groups excluding carboxylic acids is 1. The molecule has 1 aliphatic rings. The van der Waals surface area contributed by atoms with E-state index in [1.165, 1.54) is 12.8 Å². The summed E-state index contributed by atoms with van der Waals surface area (Å²) in [5, 5.41) is 0. The van der Waals surface area contributed by atoms with Crippen LogP contribution in [0.1, 0.15) is 48.5 Å². The van der Waals surface area contributed by atoms with E-state index in [2.05, 4.69) is 18.8 Å². The molecule has 112 valence electrons. The maximum atomic E-state index is 12.5. The number of nitrogens with zero attached hydrogens (tertiary/aromatic N) is 1. The van der Waals surface area contributed by atoms with Gasteiger partial charge >= 0.3 is 0 Å². The van der Waals surface area contributed by atoms with Crippen molar-refractivity contribution in [3.05, 3.63) is 35.4 Å². The van der Waals surface area contributed by atoms with Gasteiger partial charge in [-0.25, -0.2) is 0 Å². The lowest BCUT2D eigenvalue weighted by atomic mass is 9.92. The summed E-state index contributed by atoms with van der Waals surface area (Å²) in [5.74, 6) is 6.72. The van der Waals surface area contributed by atoms with E-state index in [0.29, 0.717) is 6.54 Å². The summed E-state index contributed by atoms with van der Waals surface area (Å²) in [6.45, 7) is 4.32. The van der Waals surface area contributed by atoms with E-state index in [-0.39, 0.29) is 5.91 Å². The van der Waals surface area contributed by atoms with Gasteiger partial charge in [0, 0.05) is 24.2 Å². The first-order valence-corrected chi connectivity index (χ1v) is 7.83. The predicted octanol–water partition coefficient (Wildman–Crippen LogP) is 2.65. The summed E-state index contributed by atoms with van der Waals surface area (Å²) in [7, 11) is 0. The molecule has 1 saturated heterocycles. The second-order valence-electron chi connectivity index (χ2n) is 5.61. The molecular weight excluding hydrogens is 260 g/mol. The molecule has 0 spiro atoms. The van der Waals surface area contributed by atoms with Gasteiger partial charge in [-0.3, -0.25) is 4.79 Å². The van der Waals surface area contributed by atoms with E-state index in [0.717, 1.165) is 43.0 Å². The van der Waals surface area contributed by atoms with Crippen molar-refractivity contribution in [1.29, 1.82) is 0 Å². The van der Waals surface area contributed by atoms with E-state index in [9.17, 15) is 4.79 Å². The van der Waals surface area contributed by atoms with Crippen LogP contribution in [0.15, 0.2) is 24.3 Å². The molecule has 3 heteroatoms. The maximum absolute atomic E-state index is 12.5. The van der Waals surface area contributed by atoms with Crippen molar-refractivity contribution < 1.29 is 4.79 Å². The summed E-state index contributed by atoms with van der Waals surface area (Å²) in [5.41, 5.74) is 6.96. The van der Waals surface area contributed by atoms with Gasteiger partial charge in [0.25, 0.3) is 5.91 Å². The standard InChI is InChI=1S/C18H24N2O/c1-2-5-15-9-12-20(13-10-15)18(21)17-8-3-6-16(14-17)7-4-11-19/h3,6,8,14-15H,2,5,9-13,19H2,1H3. The fourth-order valence-corrected chi connectivity index (χ4v) is 2.90. The molecule has 0 radical (unpaired) electrons. The topological polar surface area (TPSA) is 46.3 Å². The lowest BCUT2D eigenvalue weighted by molar-refractivity contribution is 0.0686. The van der Waals surface area contributed by atoms with Gasteiger partial charge in [-0.1, -0.05) is 37.7 Å². The minimum absolute atomic E-state index is 0.126. The van der Waals surface area contributed by atoms with Crippen LogP contribution in [0.4, 0.5) is 0 Å². The first-order chi connectivity index (χ1) is 10.2. The van der Waals surface area contributed by atoms with Crippen molar-refractivity contribution in [2.24, 2.45) is 11.7 Å². The largest absolute Gasteiger partial charge is 0.339 e. The molecule has 0 saturated carbocycles. The molecule has 1 amide bonds. The number of nitrogens with two attached hydrogens (primary N) is 1. The molecular formula is C18H24N2O. The van der Waals surface area contributed by atoms with Gasteiger partial charge in [-0.2, -0.15) is 0 Å². The summed E-state index contributed by atoms with van der Waals surface area (Å²) >= 11 is 0. The van der Waals surface area contributed by atoms with Gasteiger partial charge < -0.3 is 10.6 Å². The highest BCUT2D eigenvalue weighted by atomic mass is 16.2. The fraction of sp³-hybridized carbons (Fsp3) is 0.500. The molecule has 0 bridgehead atoms. The van der Waals surface area contributed by atoms with Crippen LogP contribution in [0.3, 0.4) is 0 Å². The number of piperidine rings is 1. The molecule has 1 fully saturated rings. The van der Waals surface area contributed by atoms with Gasteiger partial charge in [0.1, 0.15) is 0 Å². The third-order valence-corrected chi connectivity index (χ3v) is 4.04. The first kappa shape index (κ1) is 15.6. The number of amides is 1. The number of benzene rings is 1. The van der Waals surface area contributed by atoms with Gasteiger partial charge in [-0.15, -0.1) is 0 Å². The molecule has 0 aliphatic carbocycles. The van der Waals surface area contributed by atoms with Crippen molar-refractivity contribution >= 4 is 5.91 Å². The Morgan fingerprint density at radius 2 is 2.14 bits per heavy atom. The van der Waals surface area contributed by atoms with Gasteiger partial charge in [0.05, 0.1) is 6.54 Å². The molecule has 1 aromatic rings. The molecule has 0 atom stereocenters. The van der Waals surface area contributed by atoms with Gasteiger partial charge in [-0.05, 0) is 37.0 Å². The SMILES string of the molecule is CCCC1CCN(C(=O)c2cccc(C#CCN)c2)CC1. The second kappa shape index (κ2) is 7.85. The minimum atomic E-state index is 0.126. The zero-order valence-corrected chi connectivity index (χ0v) is 12.8. The normalized spacial score (nSPS) is 15.4. The van der Waals surface area contributed by atoms with Gasteiger partial charge in [0.2, 0.25) is 0 Å². The van der Waals surface area contributed by atoms with Crippen LogP contribution >= 0.6 is 0 Å². The summed E-state index contributed by atoms with van der Waals surface area (Å²) in [4.78, 5) is 14.5. The highest BCUT2D eigenvalue weighted by molar-refractivity contribution is 5.94. The van der Waals surface area contributed by atoms with Crippen molar-refractivity contribution in [2.75, 3.05) is 19.6 Å². The number of rotatable bonds is 3. The first-order valence-electron chi connectivity index (χ1n) is 7.83. The monoisotopic (exact) mass is 284 g/mol. The highest BCUT2D eigenvalue weighted by Crippen LogP contribution is 2.23. The van der Waals surface area contributed by atoms with Crippen LogP contribution in [-0.4, -0.2) is 30.4 Å². The Kier molecular flexibility index (Phi) is 5.83. The van der Waals surface area contributed by atoms with E-state index in [1.807, 2.05) is 29.2 Å². The Morgan fingerprint density at radius 3 is 2.81 bits per heavy atom. The molecule has 1 aliphatic heterocycles. The molecule has 1 aromatic carbocycles. The van der Waals surface area contributed by atoms with E-state index >= 15 is 0 Å². The fourth-order valence-electron chi connectivity index (χ4n) is 2.90. The lowest BCUT2D eigenvalue weighted by Gasteiger charge is -2.32. The smallest absolute Gasteiger partial charge is 0.253 e. The van der Waals surface area contributed by atoms with Crippen LogP contribution in [0.2, 0.25) is 0 Å². The molecule has 3 nitrogen and oxygen atoms in total. The number of likely N-dealkylation sites (tertiary alicyclic amines) is 1. The molecule has 1 heterocycles. The van der Waals surface area contributed by atoms with Crippen molar-refractivity contribution in [1.82, 2.24) is 4.90 Å². The highest BCUT2D eigenvalue weighted by Gasteiger charge is 2.23. The Labute approximate surface area is 127 Å². The molecule has 0 aromatic heterocycles. The molecule has 2 N–H and O–H groups in total. The van der Waals surface area contributed by atoms with E-state index < -0.39 is 0 Å². The van der Waals surface area contributed by atoms with Gasteiger partial charge in [0.15, 0.2) is 0 Å². The van der Waals surface area contributed by atoms with Crippen molar-refractivity contribution in [3.8, 4) is 11.8 Å². The van der Waals surface area contributed by atoms with Crippen molar-refractivity contribution in [3.63, 3.8) is 0 Å². The zero-order chi connectivity index (χ0) is 15.1. The molecule has 2 rings (SSSR count). The van der Waals surface area contributed by atoms with Crippen LogP contribution in [0.5, 0.6) is 0 Å². The van der Waals surface area contributed by atoms with E-state index in [4.69, 9.17) is 5.73 Å². The number of hydrogen-bond donors (Lipinski definition) is 1. The Balaban J connectivity index is 2.00. The second-order valence-corrected chi connectivity index (χ2v) is 5.61. The quantitative estimate of drug-likeness (QED) is 0.867. The average Bonchev–Trinajstić information content (AvgIpc) is 2.53. The van der Waals surface area contributed by atoms with Crippen LogP contribution < -0.4 is 5.73 Å². The van der Waals surface area contributed by atoms with Crippen molar-refractivity contribution in [2.45, 2.75) is 32.6 Å². The zero-order valence-electron chi connectivity index (χ0n) is 12.8. The Bertz CT molecular complexity index is 534. The van der Waals surface area contributed by atoms with E-state index in [1.54, 1.807) is 0 Å². The third kappa shape index (κ3) is 4.34. The maximum Gasteiger partial charge on any atom is 0.253 e. The molecule has 0 unspecified atom stereocenters. The minimum Gasteiger partial charge on any atom is -0.339 e. The summed E-state index contributed by atoms with van der Waals surface area (Å²) < 4.78 is 0. The average molecular weight is 284 g/mol. The molecule has 21 heavy (non-hydrogen) atoms. The van der Waals surface area contributed by atoms with Crippen LogP contribution in [0, 0.1) is 17.8 Å². The third-order valence-electron chi connectivity index (χ3n) is 4.04. The lowest BCUT2D eigenvalue weighted by Crippen LogP contribution is -2.38. The number of carbonyl (C=O) groups is 1.